The SMILES string of the molecule is NC(=O)c1cc([C@@H](O)CNCCc2ccc(CNCCc3cnc(C(O)(c4ccccc4)c4ccccc4)o3)s2)ccc1O. The Labute approximate surface area is 260 Å². The maximum absolute atomic E-state index is 11.8. The van der Waals surface area contributed by atoms with Gasteiger partial charge in [-0.2, -0.15) is 0 Å². The second-order valence-electron chi connectivity index (χ2n) is 10.5. The Morgan fingerprint density at radius 3 is 2.25 bits per heavy atom. The average molecular weight is 613 g/mol. The van der Waals surface area contributed by atoms with Gasteiger partial charge in [0.05, 0.1) is 17.9 Å². The number of nitrogens with two attached hydrogens (primary N) is 1. The second kappa shape index (κ2) is 14.4. The molecular weight excluding hydrogens is 576 g/mol. The minimum Gasteiger partial charge on any atom is -0.507 e. The van der Waals surface area contributed by atoms with Crippen LogP contribution in [-0.2, 0) is 25.0 Å². The van der Waals surface area contributed by atoms with Crippen molar-refractivity contribution in [3.63, 3.8) is 0 Å². The summed E-state index contributed by atoms with van der Waals surface area (Å²) in [5.74, 6) is -0.00885. The number of carbonyl (C=O) groups excluding carboxylic acids is 1. The summed E-state index contributed by atoms with van der Waals surface area (Å²) in [4.78, 5) is 18.3. The number of aromatic hydroxyl groups is 1. The molecule has 0 saturated carbocycles. The van der Waals surface area contributed by atoms with E-state index in [2.05, 4.69) is 27.8 Å². The molecular formula is C34H36N4O5S. The van der Waals surface area contributed by atoms with E-state index < -0.39 is 17.6 Å². The van der Waals surface area contributed by atoms with Gasteiger partial charge < -0.3 is 36.1 Å². The minimum absolute atomic E-state index is 0.00911. The first kappa shape index (κ1) is 31.1. The Kier molecular flexibility index (Phi) is 10.2. The lowest BCUT2D eigenvalue weighted by Gasteiger charge is -2.26. The number of nitrogens with one attached hydrogen (secondary N) is 2. The van der Waals surface area contributed by atoms with Gasteiger partial charge >= 0.3 is 0 Å². The molecule has 3 aromatic carbocycles. The summed E-state index contributed by atoms with van der Waals surface area (Å²) in [7, 11) is 0. The van der Waals surface area contributed by atoms with E-state index in [0.717, 1.165) is 13.0 Å². The Balaban J connectivity index is 1.07. The molecule has 228 valence electrons. The van der Waals surface area contributed by atoms with Crippen LogP contribution in [0, 0.1) is 0 Å². The van der Waals surface area contributed by atoms with Crippen molar-refractivity contribution in [1.82, 2.24) is 15.6 Å². The quantitative estimate of drug-likeness (QED) is 0.0970. The molecule has 0 aliphatic carbocycles. The zero-order valence-corrected chi connectivity index (χ0v) is 25.0. The Morgan fingerprint density at radius 1 is 0.909 bits per heavy atom. The number of rotatable bonds is 15. The number of aliphatic hydroxyl groups excluding tert-OH is 1. The van der Waals surface area contributed by atoms with Gasteiger partial charge in [-0.3, -0.25) is 4.79 Å². The Hall–Kier alpha value is -4.32. The monoisotopic (exact) mass is 612 g/mol. The minimum atomic E-state index is -1.49. The summed E-state index contributed by atoms with van der Waals surface area (Å²) in [6, 6.07) is 27.4. The van der Waals surface area contributed by atoms with Crippen molar-refractivity contribution >= 4 is 17.2 Å². The first-order valence-corrected chi connectivity index (χ1v) is 15.2. The fourth-order valence-electron chi connectivity index (χ4n) is 4.96. The number of amides is 1. The number of phenols is 1. The van der Waals surface area contributed by atoms with Crippen LogP contribution in [-0.4, -0.2) is 45.8 Å². The van der Waals surface area contributed by atoms with Crippen molar-refractivity contribution in [3.05, 3.63) is 141 Å². The zero-order chi connectivity index (χ0) is 30.9. The topological polar surface area (TPSA) is 154 Å². The molecule has 2 heterocycles. The number of nitrogens with zero attached hydrogens (tertiary/aromatic N) is 1. The number of aliphatic hydroxyl groups is 2. The van der Waals surface area contributed by atoms with Crippen LogP contribution in [0.25, 0.3) is 0 Å². The third-order valence-corrected chi connectivity index (χ3v) is 8.51. The number of carbonyl (C=O) groups is 1. The van der Waals surface area contributed by atoms with Crippen molar-refractivity contribution in [2.75, 3.05) is 19.6 Å². The normalized spacial score (nSPS) is 12.3. The summed E-state index contributed by atoms with van der Waals surface area (Å²) < 4.78 is 6.08. The molecule has 0 aliphatic heterocycles. The highest BCUT2D eigenvalue weighted by Gasteiger charge is 2.38. The van der Waals surface area contributed by atoms with Gasteiger partial charge in [-0.05, 0) is 47.4 Å². The van der Waals surface area contributed by atoms with Gasteiger partial charge in [0, 0.05) is 42.4 Å². The van der Waals surface area contributed by atoms with Gasteiger partial charge in [0.15, 0.2) is 5.60 Å². The van der Waals surface area contributed by atoms with Crippen molar-refractivity contribution in [2.45, 2.75) is 31.1 Å². The number of oxazole rings is 1. The van der Waals surface area contributed by atoms with Gasteiger partial charge in [0.1, 0.15) is 11.5 Å². The average Bonchev–Trinajstić information content (AvgIpc) is 3.72. The van der Waals surface area contributed by atoms with Gasteiger partial charge in [0.25, 0.3) is 5.91 Å². The summed E-state index contributed by atoms with van der Waals surface area (Å²) in [6.07, 6.45) is 2.28. The lowest BCUT2D eigenvalue weighted by Crippen LogP contribution is -2.29. The van der Waals surface area contributed by atoms with Crippen LogP contribution in [0.3, 0.4) is 0 Å². The van der Waals surface area contributed by atoms with Crippen LogP contribution in [0.5, 0.6) is 5.75 Å². The van der Waals surface area contributed by atoms with E-state index in [9.17, 15) is 20.1 Å². The first-order valence-electron chi connectivity index (χ1n) is 14.4. The molecule has 7 N–H and O–H groups in total. The van der Waals surface area contributed by atoms with E-state index in [1.165, 1.54) is 21.9 Å². The molecule has 0 unspecified atom stereocenters. The molecule has 2 aromatic heterocycles. The van der Waals surface area contributed by atoms with Gasteiger partial charge in [0.2, 0.25) is 5.89 Å². The molecule has 0 aliphatic rings. The van der Waals surface area contributed by atoms with Crippen LogP contribution < -0.4 is 16.4 Å². The molecule has 0 fully saturated rings. The lowest BCUT2D eigenvalue weighted by atomic mass is 9.86. The van der Waals surface area contributed by atoms with Crippen LogP contribution in [0.4, 0.5) is 0 Å². The zero-order valence-electron chi connectivity index (χ0n) is 24.1. The Bertz CT molecular complexity index is 1620. The van der Waals surface area contributed by atoms with E-state index in [-0.39, 0.29) is 17.2 Å². The highest BCUT2D eigenvalue weighted by molar-refractivity contribution is 7.11. The van der Waals surface area contributed by atoms with Crippen molar-refractivity contribution in [2.24, 2.45) is 5.73 Å². The number of aromatic nitrogens is 1. The van der Waals surface area contributed by atoms with Crippen molar-refractivity contribution < 1.29 is 24.5 Å². The molecule has 0 bridgehead atoms. The molecule has 10 heteroatoms. The van der Waals surface area contributed by atoms with Crippen LogP contribution in [0.15, 0.2) is 102 Å². The predicted octanol–water partition coefficient (Wildman–Crippen LogP) is 4.02. The fourth-order valence-corrected chi connectivity index (χ4v) is 5.95. The predicted molar refractivity (Wildman–Crippen MR) is 169 cm³/mol. The molecule has 5 aromatic rings. The summed E-state index contributed by atoms with van der Waals surface area (Å²) >= 11 is 1.73. The van der Waals surface area contributed by atoms with Crippen LogP contribution in [0.1, 0.15) is 54.6 Å². The number of benzene rings is 3. The summed E-state index contributed by atoms with van der Waals surface area (Å²) in [6.45, 7) is 2.39. The molecule has 44 heavy (non-hydrogen) atoms. The van der Waals surface area contributed by atoms with Gasteiger partial charge in [-0.25, -0.2) is 4.98 Å². The smallest absolute Gasteiger partial charge is 0.252 e. The number of hydrogen-bond donors (Lipinski definition) is 6. The maximum atomic E-state index is 11.8. The third-order valence-electron chi connectivity index (χ3n) is 7.37. The third kappa shape index (κ3) is 7.42. The van der Waals surface area contributed by atoms with E-state index in [1.807, 2.05) is 60.7 Å². The summed E-state index contributed by atoms with van der Waals surface area (Å²) in [5, 5.41) is 38.7. The lowest BCUT2D eigenvalue weighted by molar-refractivity contribution is 0.0913. The molecule has 0 saturated heterocycles. The van der Waals surface area contributed by atoms with E-state index in [0.29, 0.717) is 48.5 Å². The molecule has 0 radical (unpaired) electrons. The van der Waals surface area contributed by atoms with Crippen LogP contribution in [0.2, 0.25) is 0 Å². The number of primary amides is 1. The fraction of sp³-hybridized carbons (Fsp3) is 0.235. The molecule has 1 atom stereocenters. The van der Waals surface area contributed by atoms with E-state index >= 15 is 0 Å². The summed E-state index contributed by atoms with van der Waals surface area (Å²) in [5.41, 5.74) is 5.66. The first-order chi connectivity index (χ1) is 21.3. The molecule has 0 spiro atoms. The molecule has 9 nitrogen and oxygen atoms in total. The van der Waals surface area contributed by atoms with E-state index in [1.54, 1.807) is 23.6 Å². The van der Waals surface area contributed by atoms with Gasteiger partial charge in [-0.1, -0.05) is 66.7 Å². The van der Waals surface area contributed by atoms with Crippen LogP contribution >= 0.6 is 11.3 Å². The van der Waals surface area contributed by atoms with Crippen molar-refractivity contribution in [3.8, 4) is 5.75 Å². The highest BCUT2D eigenvalue weighted by atomic mass is 32.1. The molecule has 1 amide bonds. The number of hydrogen-bond acceptors (Lipinski definition) is 9. The van der Waals surface area contributed by atoms with E-state index in [4.69, 9.17) is 10.2 Å². The van der Waals surface area contributed by atoms with Crippen molar-refractivity contribution in [1.29, 1.82) is 0 Å². The molecule has 5 rings (SSSR count). The number of thiophene rings is 1. The maximum Gasteiger partial charge on any atom is 0.252 e. The standard InChI is InChI=1S/C34H36N4O5S/c35-32(41)29-19-23(11-14-30(29)39)31(40)22-37-18-16-27-12-13-28(44-27)21-36-17-15-26-20-38-33(43-26)34(42,24-7-3-1-4-8-24)25-9-5-2-6-10-25/h1-14,19-20,31,36-37,39-40,42H,15-18,21-22H2,(H2,35,41)/t31-/m0/s1. The van der Waals surface area contributed by atoms with Gasteiger partial charge in [-0.15, -0.1) is 11.3 Å². The largest absolute Gasteiger partial charge is 0.507 e. The second-order valence-corrected chi connectivity index (χ2v) is 11.7. The Morgan fingerprint density at radius 2 is 1.57 bits per heavy atom. The highest BCUT2D eigenvalue weighted by Crippen LogP contribution is 2.36.